The maximum atomic E-state index is 13.6. The minimum absolute atomic E-state index is 0.108. The Balaban J connectivity index is 1.65. The van der Waals surface area contributed by atoms with Crippen LogP contribution in [0.2, 0.25) is 5.02 Å². The first-order chi connectivity index (χ1) is 18.8. The van der Waals surface area contributed by atoms with Crippen molar-refractivity contribution in [3.8, 4) is 5.69 Å². The maximum Gasteiger partial charge on any atom is 0.410 e. The fourth-order valence-electron chi connectivity index (χ4n) is 4.51. The Morgan fingerprint density at radius 1 is 1.08 bits per heavy atom. The molecule has 2 aromatic carbocycles. The highest BCUT2D eigenvalue weighted by Crippen LogP contribution is 2.34. The van der Waals surface area contributed by atoms with Crippen molar-refractivity contribution in [2.75, 3.05) is 13.7 Å². The molecular formula is C29H25ClFN5O3. The highest BCUT2D eigenvalue weighted by atomic mass is 35.5. The van der Waals surface area contributed by atoms with E-state index in [-0.39, 0.29) is 30.6 Å². The minimum atomic E-state index is -0.543. The quantitative estimate of drug-likeness (QED) is 0.349. The van der Waals surface area contributed by atoms with E-state index >= 15 is 0 Å². The van der Waals surface area contributed by atoms with Crippen LogP contribution in [0.15, 0.2) is 72.9 Å². The van der Waals surface area contributed by atoms with Gasteiger partial charge in [-0.15, -0.1) is 0 Å². The maximum absolute atomic E-state index is 13.6. The molecule has 0 saturated carbocycles. The first-order valence-corrected chi connectivity index (χ1v) is 12.6. The van der Waals surface area contributed by atoms with Crippen LogP contribution in [0.3, 0.4) is 0 Å². The van der Waals surface area contributed by atoms with Crippen LogP contribution in [0.1, 0.15) is 46.0 Å². The molecule has 8 nitrogen and oxygen atoms in total. The Morgan fingerprint density at radius 3 is 2.49 bits per heavy atom. The molecule has 1 unspecified atom stereocenters. The number of nitrogens with zero attached hydrogens (tertiary/aromatic N) is 4. The van der Waals surface area contributed by atoms with Gasteiger partial charge in [-0.3, -0.25) is 14.7 Å². The van der Waals surface area contributed by atoms with E-state index < -0.39 is 12.0 Å². The van der Waals surface area contributed by atoms with Gasteiger partial charge in [0.05, 0.1) is 43.3 Å². The third kappa shape index (κ3) is 5.53. The molecule has 0 saturated heterocycles. The molecule has 10 heteroatoms. The molecule has 0 bridgehead atoms. The van der Waals surface area contributed by atoms with E-state index in [0.717, 1.165) is 5.56 Å². The topological polar surface area (TPSA) is 89.3 Å². The second-order valence-electron chi connectivity index (χ2n) is 9.06. The Bertz CT molecular complexity index is 1540. The van der Waals surface area contributed by atoms with Crippen LogP contribution in [-0.4, -0.2) is 45.3 Å². The van der Waals surface area contributed by atoms with Gasteiger partial charge in [-0.25, -0.2) is 13.9 Å². The number of pyridine rings is 1. The number of nitrogens with one attached hydrogen (secondary N) is 1. The zero-order valence-corrected chi connectivity index (χ0v) is 22.0. The van der Waals surface area contributed by atoms with Gasteiger partial charge in [-0.1, -0.05) is 29.8 Å². The molecule has 2 aromatic heterocycles. The van der Waals surface area contributed by atoms with Gasteiger partial charge < -0.3 is 10.1 Å². The lowest BCUT2D eigenvalue weighted by Crippen LogP contribution is -2.36. The van der Waals surface area contributed by atoms with Crippen LogP contribution in [0, 0.1) is 5.82 Å². The summed E-state index contributed by atoms with van der Waals surface area (Å²) in [6.45, 7) is 2.14. The van der Waals surface area contributed by atoms with Gasteiger partial charge in [0.2, 0.25) is 0 Å². The fraction of sp³-hybridized carbons (Fsp3) is 0.172. The summed E-state index contributed by atoms with van der Waals surface area (Å²) >= 11 is 6.13. The molecule has 39 heavy (non-hydrogen) atoms. The lowest BCUT2D eigenvalue weighted by atomic mass is 9.97. The third-order valence-electron chi connectivity index (χ3n) is 6.41. The number of benzene rings is 2. The number of halogens is 2. The molecule has 0 radical (unpaired) electrons. The van der Waals surface area contributed by atoms with Gasteiger partial charge in [-0.2, -0.15) is 5.10 Å². The van der Waals surface area contributed by atoms with E-state index in [1.165, 1.54) is 24.1 Å². The first kappa shape index (κ1) is 26.1. The van der Waals surface area contributed by atoms with Crippen molar-refractivity contribution in [2.24, 2.45) is 0 Å². The number of carbonyl (C=O) groups excluding carboxylic acids is 2. The Hall–Kier alpha value is -4.50. The molecule has 0 aliphatic carbocycles. The summed E-state index contributed by atoms with van der Waals surface area (Å²) in [5.41, 5.74) is 4.20. The monoisotopic (exact) mass is 545 g/mol. The van der Waals surface area contributed by atoms with Crippen LogP contribution >= 0.6 is 11.6 Å². The number of hydrogen-bond acceptors (Lipinski definition) is 5. The van der Waals surface area contributed by atoms with Gasteiger partial charge >= 0.3 is 6.09 Å². The zero-order chi connectivity index (χ0) is 27.5. The van der Waals surface area contributed by atoms with Crippen molar-refractivity contribution in [1.29, 1.82) is 0 Å². The lowest BCUT2D eigenvalue weighted by molar-refractivity contribution is 0.0929. The summed E-state index contributed by atoms with van der Waals surface area (Å²) in [5, 5.41) is 8.25. The molecular weight excluding hydrogens is 521 g/mol. The molecule has 0 fully saturated rings. The summed E-state index contributed by atoms with van der Waals surface area (Å²) in [6, 6.07) is 18.2. The van der Waals surface area contributed by atoms with Crippen molar-refractivity contribution in [3.05, 3.63) is 112 Å². The second kappa shape index (κ2) is 11.1. The normalized spacial score (nSPS) is 14.6. The molecule has 1 atom stereocenters. The van der Waals surface area contributed by atoms with E-state index in [2.05, 4.69) is 10.3 Å². The van der Waals surface area contributed by atoms with Crippen LogP contribution in [0.4, 0.5) is 9.18 Å². The Morgan fingerprint density at radius 2 is 1.82 bits per heavy atom. The van der Waals surface area contributed by atoms with E-state index in [9.17, 15) is 14.0 Å². The second-order valence-corrected chi connectivity index (χ2v) is 9.50. The summed E-state index contributed by atoms with van der Waals surface area (Å²) in [5.74, 6) is -0.769. The van der Waals surface area contributed by atoms with Crippen molar-refractivity contribution >= 4 is 35.3 Å². The molecule has 4 aromatic rings. The van der Waals surface area contributed by atoms with E-state index in [0.29, 0.717) is 33.2 Å². The summed E-state index contributed by atoms with van der Waals surface area (Å²) in [7, 11) is 1.31. The fourth-order valence-corrected chi connectivity index (χ4v) is 4.64. The molecule has 198 valence electrons. The van der Waals surface area contributed by atoms with Gasteiger partial charge in [0.1, 0.15) is 5.82 Å². The number of methoxy groups -OCH3 is 1. The number of hydrogen-bond donors (Lipinski definition) is 1. The van der Waals surface area contributed by atoms with Crippen LogP contribution < -0.4 is 5.32 Å². The molecule has 1 aliphatic rings. The molecule has 5 rings (SSSR count). The Kier molecular flexibility index (Phi) is 7.42. The predicted octanol–water partition coefficient (Wildman–Crippen LogP) is 5.67. The Labute approximate surface area is 229 Å². The lowest BCUT2D eigenvalue weighted by Gasteiger charge is -2.29. The average molecular weight is 546 g/mol. The third-order valence-corrected chi connectivity index (χ3v) is 6.66. The number of fused-ring (bicyclic) bond motifs is 1. The van der Waals surface area contributed by atoms with Crippen molar-refractivity contribution in [1.82, 2.24) is 25.0 Å². The number of carbonyl (C=O) groups is 2. The predicted molar refractivity (Wildman–Crippen MR) is 146 cm³/mol. The van der Waals surface area contributed by atoms with Crippen LogP contribution in [0.5, 0.6) is 0 Å². The van der Waals surface area contributed by atoms with Crippen molar-refractivity contribution < 1.29 is 18.7 Å². The van der Waals surface area contributed by atoms with Gasteiger partial charge in [-0.05, 0) is 72.7 Å². The van der Waals surface area contributed by atoms with Crippen molar-refractivity contribution in [3.63, 3.8) is 0 Å². The standard InChI is InChI=1S/C29H25ClFN5O3/c1-18(25-5-3-4-14-32-25)33-28(37)26-24-17-35(29(38)39-2)16-20(15-19-6-10-22(31)11-7-19)27(24)36(34-26)23-12-8-21(30)9-13-23/h3-15,18H,16-17H2,1-2H3,(H,33,37)/b20-15+. The highest BCUT2D eigenvalue weighted by molar-refractivity contribution is 6.30. The minimum Gasteiger partial charge on any atom is -0.453 e. The van der Waals surface area contributed by atoms with Crippen LogP contribution in [-0.2, 0) is 11.3 Å². The molecule has 2 amide bonds. The number of aromatic nitrogens is 3. The summed E-state index contributed by atoms with van der Waals surface area (Å²) in [6.07, 6.45) is 2.97. The first-order valence-electron chi connectivity index (χ1n) is 12.2. The largest absolute Gasteiger partial charge is 0.453 e. The van der Waals surface area contributed by atoms with Gasteiger partial charge in [0, 0.05) is 16.8 Å². The summed E-state index contributed by atoms with van der Waals surface area (Å²) < 4.78 is 20.3. The molecule has 0 spiro atoms. The molecule has 1 aliphatic heterocycles. The number of rotatable bonds is 5. The summed E-state index contributed by atoms with van der Waals surface area (Å²) in [4.78, 5) is 32.1. The van der Waals surface area contributed by atoms with E-state index in [1.54, 1.807) is 53.3 Å². The van der Waals surface area contributed by atoms with E-state index in [1.807, 2.05) is 25.1 Å². The number of amides is 2. The van der Waals surface area contributed by atoms with Gasteiger partial charge in [0.15, 0.2) is 5.69 Å². The highest BCUT2D eigenvalue weighted by Gasteiger charge is 2.34. The number of ether oxygens (including phenoxy) is 1. The van der Waals surface area contributed by atoms with E-state index in [4.69, 9.17) is 21.4 Å². The average Bonchev–Trinajstić information content (AvgIpc) is 3.34. The molecule has 3 heterocycles. The zero-order valence-electron chi connectivity index (χ0n) is 21.3. The van der Waals surface area contributed by atoms with Crippen molar-refractivity contribution in [2.45, 2.75) is 19.5 Å². The SMILES string of the molecule is COC(=O)N1C/C(=C\c2ccc(F)cc2)c2c(c(C(=O)NC(C)c3ccccn3)nn2-c2ccc(Cl)cc2)C1. The van der Waals surface area contributed by atoms with Crippen LogP contribution in [0.25, 0.3) is 17.3 Å². The smallest absolute Gasteiger partial charge is 0.410 e. The molecule has 1 N–H and O–H groups in total. The van der Waals surface area contributed by atoms with Gasteiger partial charge in [0.25, 0.3) is 5.91 Å².